The summed E-state index contributed by atoms with van der Waals surface area (Å²) in [4.78, 5) is 39.5. The maximum Gasteiger partial charge on any atom is 0.308 e. The molecule has 2 amide bonds. The van der Waals surface area contributed by atoms with Gasteiger partial charge in [0.05, 0.1) is 17.5 Å². The van der Waals surface area contributed by atoms with Gasteiger partial charge in [0.25, 0.3) is 5.91 Å². The van der Waals surface area contributed by atoms with Crippen molar-refractivity contribution < 1.29 is 23.9 Å². The van der Waals surface area contributed by atoms with Crippen molar-refractivity contribution in [2.24, 2.45) is 0 Å². The standard InChI is InChI=1S/C21H22ClN3O5S2/c22-17-13-5-1-2-6-15(13)32-18(17)20(28)24-21(31)25-8-7-23-19(27)14(25)10-16(26)30-11-12-4-3-9-29-12/h1-2,5-6,12,14H,3-4,7-11H2,(H,23,27)(H,24,28,31)/t12-,14-/m1/s1. The first-order valence-corrected chi connectivity index (χ1v) is 11.9. The number of fused-ring (bicyclic) bond motifs is 1. The van der Waals surface area contributed by atoms with Gasteiger partial charge in [-0.2, -0.15) is 0 Å². The van der Waals surface area contributed by atoms with E-state index in [-0.39, 0.29) is 30.2 Å². The first-order valence-electron chi connectivity index (χ1n) is 10.3. The second-order valence-electron chi connectivity index (χ2n) is 7.52. The van der Waals surface area contributed by atoms with Crippen LogP contribution < -0.4 is 10.6 Å². The molecular formula is C21H22ClN3O5S2. The highest BCUT2D eigenvalue weighted by Crippen LogP contribution is 2.35. The number of hydrogen-bond acceptors (Lipinski definition) is 7. The van der Waals surface area contributed by atoms with E-state index in [4.69, 9.17) is 33.3 Å². The Morgan fingerprint density at radius 3 is 2.94 bits per heavy atom. The molecule has 2 aliphatic heterocycles. The molecule has 2 aliphatic rings. The molecule has 2 aromatic rings. The van der Waals surface area contributed by atoms with Crippen LogP contribution in [0.3, 0.4) is 0 Å². The number of nitrogens with zero attached hydrogens (tertiary/aromatic N) is 1. The van der Waals surface area contributed by atoms with Crippen molar-refractivity contribution in [2.75, 3.05) is 26.3 Å². The van der Waals surface area contributed by atoms with Gasteiger partial charge in [0.15, 0.2) is 5.11 Å². The Morgan fingerprint density at radius 2 is 2.19 bits per heavy atom. The molecule has 0 spiro atoms. The Kier molecular flexibility index (Phi) is 7.24. The van der Waals surface area contributed by atoms with Crippen molar-refractivity contribution >= 4 is 68.1 Å². The summed E-state index contributed by atoms with van der Waals surface area (Å²) in [5.41, 5.74) is 0. The monoisotopic (exact) mass is 495 g/mol. The quantitative estimate of drug-likeness (QED) is 0.486. The van der Waals surface area contributed by atoms with Gasteiger partial charge in [0, 0.05) is 29.8 Å². The number of thiocarbonyl (C=S) groups is 1. The summed E-state index contributed by atoms with van der Waals surface area (Å²) in [6.07, 6.45) is 1.51. The Bertz CT molecular complexity index is 1050. The lowest BCUT2D eigenvalue weighted by molar-refractivity contribution is -0.150. The smallest absolute Gasteiger partial charge is 0.308 e. The number of benzene rings is 1. The first kappa shape index (κ1) is 22.9. The van der Waals surface area contributed by atoms with Gasteiger partial charge in [-0.05, 0) is 31.1 Å². The zero-order chi connectivity index (χ0) is 22.7. The molecule has 2 fully saturated rings. The number of carbonyl (C=O) groups excluding carboxylic acids is 3. The Hall–Kier alpha value is -2.27. The van der Waals surface area contributed by atoms with E-state index in [2.05, 4.69) is 10.6 Å². The van der Waals surface area contributed by atoms with Crippen molar-refractivity contribution in [3.05, 3.63) is 34.2 Å². The van der Waals surface area contributed by atoms with Gasteiger partial charge in [0.1, 0.15) is 17.5 Å². The fraction of sp³-hybridized carbons (Fsp3) is 0.429. The van der Waals surface area contributed by atoms with Gasteiger partial charge in [-0.3, -0.25) is 19.7 Å². The second kappa shape index (κ2) is 10.1. The Labute approximate surface area is 199 Å². The van der Waals surface area contributed by atoms with Crippen molar-refractivity contribution in [1.82, 2.24) is 15.5 Å². The number of esters is 1. The molecule has 0 aliphatic carbocycles. The number of halogens is 1. The van der Waals surface area contributed by atoms with Crippen LogP contribution in [0.25, 0.3) is 10.1 Å². The fourth-order valence-electron chi connectivity index (χ4n) is 3.72. The average Bonchev–Trinajstić information content (AvgIpc) is 3.42. The Balaban J connectivity index is 1.40. The molecule has 11 heteroatoms. The molecule has 170 valence electrons. The highest BCUT2D eigenvalue weighted by molar-refractivity contribution is 7.80. The van der Waals surface area contributed by atoms with Gasteiger partial charge >= 0.3 is 5.97 Å². The second-order valence-corrected chi connectivity index (χ2v) is 9.34. The summed E-state index contributed by atoms with van der Waals surface area (Å²) in [6, 6.07) is 6.58. The molecular weight excluding hydrogens is 474 g/mol. The third kappa shape index (κ3) is 5.03. The minimum Gasteiger partial charge on any atom is -0.463 e. The number of thiophene rings is 1. The maximum absolute atomic E-state index is 12.8. The van der Waals surface area contributed by atoms with Crippen molar-refractivity contribution in [1.29, 1.82) is 0 Å². The van der Waals surface area contributed by atoms with Crippen LogP contribution in [0, 0.1) is 0 Å². The molecule has 1 aromatic heterocycles. The molecule has 3 heterocycles. The van der Waals surface area contributed by atoms with Crippen LogP contribution in [-0.4, -0.2) is 66.2 Å². The lowest BCUT2D eigenvalue weighted by atomic mass is 10.1. The molecule has 4 rings (SSSR count). The van der Waals surface area contributed by atoms with E-state index >= 15 is 0 Å². The molecule has 32 heavy (non-hydrogen) atoms. The highest BCUT2D eigenvalue weighted by atomic mass is 35.5. The van der Waals surface area contributed by atoms with Crippen LogP contribution in [0.5, 0.6) is 0 Å². The van der Waals surface area contributed by atoms with E-state index in [1.54, 1.807) is 4.90 Å². The lowest BCUT2D eigenvalue weighted by Crippen LogP contribution is -2.60. The molecule has 0 saturated carbocycles. The van der Waals surface area contributed by atoms with E-state index < -0.39 is 17.9 Å². The van der Waals surface area contributed by atoms with E-state index in [1.807, 2.05) is 24.3 Å². The van der Waals surface area contributed by atoms with E-state index in [1.165, 1.54) is 11.3 Å². The first-order chi connectivity index (χ1) is 15.4. The van der Waals surface area contributed by atoms with Crippen LogP contribution in [0.15, 0.2) is 24.3 Å². The molecule has 2 saturated heterocycles. The third-order valence-electron chi connectivity index (χ3n) is 5.37. The van der Waals surface area contributed by atoms with Crippen LogP contribution in [0.4, 0.5) is 0 Å². The predicted octanol–water partition coefficient (Wildman–Crippen LogP) is 2.48. The van der Waals surface area contributed by atoms with Crippen molar-refractivity contribution in [3.8, 4) is 0 Å². The molecule has 2 atom stereocenters. The summed E-state index contributed by atoms with van der Waals surface area (Å²) >= 11 is 13.1. The van der Waals surface area contributed by atoms with Crippen LogP contribution in [-0.2, 0) is 19.1 Å². The van der Waals surface area contributed by atoms with Gasteiger partial charge < -0.3 is 19.7 Å². The normalized spacial score (nSPS) is 20.8. The summed E-state index contributed by atoms with van der Waals surface area (Å²) in [5.74, 6) is -1.32. The summed E-state index contributed by atoms with van der Waals surface area (Å²) in [5, 5.41) is 6.60. The molecule has 2 N–H and O–H groups in total. The number of carbonyl (C=O) groups is 3. The molecule has 0 bridgehead atoms. The molecule has 1 aromatic carbocycles. The SMILES string of the molecule is O=C(C[C@@H]1C(=O)NCCN1C(=S)NC(=O)c1sc2ccccc2c1Cl)OC[C@H]1CCCO1. The molecule has 0 radical (unpaired) electrons. The summed E-state index contributed by atoms with van der Waals surface area (Å²) < 4.78 is 11.6. The van der Waals surface area contributed by atoms with Crippen LogP contribution in [0.1, 0.15) is 28.9 Å². The number of piperazine rings is 1. The lowest BCUT2D eigenvalue weighted by Gasteiger charge is -2.36. The van der Waals surface area contributed by atoms with E-state index in [0.29, 0.717) is 29.6 Å². The molecule has 0 unspecified atom stereocenters. The zero-order valence-electron chi connectivity index (χ0n) is 17.1. The van der Waals surface area contributed by atoms with Crippen molar-refractivity contribution in [3.63, 3.8) is 0 Å². The van der Waals surface area contributed by atoms with Gasteiger partial charge in [-0.1, -0.05) is 29.8 Å². The minimum atomic E-state index is -0.869. The Morgan fingerprint density at radius 1 is 1.38 bits per heavy atom. The van der Waals surface area contributed by atoms with E-state index in [0.717, 1.165) is 22.9 Å². The summed E-state index contributed by atoms with van der Waals surface area (Å²) in [7, 11) is 0. The maximum atomic E-state index is 12.8. The number of rotatable bonds is 5. The number of hydrogen-bond donors (Lipinski definition) is 2. The van der Waals surface area contributed by atoms with Gasteiger partial charge in [-0.15, -0.1) is 11.3 Å². The summed E-state index contributed by atoms with van der Waals surface area (Å²) in [6.45, 7) is 1.53. The van der Waals surface area contributed by atoms with Crippen LogP contribution in [0.2, 0.25) is 5.02 Å². The topological polar surface area (TPSA) is 97.0 Å². The average molecular weight is 496 g/mol. The largest absolute Gasteiger partial charge is 0.463 e. The predicted molar refractivity (Wildman–Crippen MR) is 125 cm³/mol. The van der Waals surface area contributed by atoms with Crippen molar-refractivity contribution in [2.45, 2.75) is 31.4 Å². The third-order valence-corrected chi connectivity index (χ3v) is 7.38. The van der Waals surface area contributed by atoms with Gasteiger partial charge in [0.2, 0.25) is 5.91 Å². The van der Waals surface area contributed by atoms with Gasteiger partial charge in [-0.25, -0.2) is 0 Å². The number of amides is 2. The van der Waals surface area contributed by atoms with E-state index in [9.17, 15) is 14.4 Å². The minimum absolute atomic E-state index is 0.0651. The molecule has 8 nitrogen and oxygen atoms in total. The zero-order valence-corrected chi connectivity index (χ0v) is 19.5. The number of ether oxygens (including phenoxy) is 2. The highest BCUT2D eigenvalue weighted by Gasteiger charge is 2.35. The number of nitrogens with one attached hydrogen (secondary N) is 2. The van der Waals surface area contributed by atoms with Crippen LogP contribution >= 0.6 is 35.2 Å². The fourth-order valence-corrected chi connectivity index (χ4v) is 5.45.